The Morgan fingerprint density at radius 2 is 1.27 bits per heavy atom. The molecule has 33 heavy (non-hydrogen) atoms. The molecule has 170 valence electrons. The Hall–Kier alpha value is -3.51. The quantitative estimate of drug-likeness (QED) is 0.481. The second kappa shape index (κ2) is 9.55. The fourth-order valence-electron chi connectivity index (χ4n) is 4.79. The van der Waals surface area contributed by atoms with Crippen molar-refractivity contribution in [2.75, 3.05) is 17.7 Å². The first-order valence-electron chi connectivity index (χ1n) is 11.5. The van der Waals surface area contributed by atoms with Crippen LogP contribution >= 0.6 is 0 Å². The van der Waals surface area contributed by atoms with Crippen LogP contribution in [0.25, 0.3) is 0 Å². The van der Waals surface area contributed by atoms with E-state index in [9.17, 15) is 4.79 Å². The maximum atomic E-state index is 12.4. The summed E-state index contributed by atoms with van der Waals surface area (Å²) in [5.74, 6) is 2.33. The highest BCUT2D eigenvalue weighted by atomic mass is 16.5. The van der Waals surface area contributed by atoms with Gasteiger partial charge in [0.1, 0.15) is 23.4 Å². The van der Waals surface area contributed by atoms with Gasteiger partial charge in [0.2, 0.25) is 0 Å². The zero-order valence-corrected chi connectivity index (χ0v) is 18.7. The van der Waals surface area contributed by atoms with Gasteiger partial charge in [-0.1, -0.05) is 18.2 Å². The van der Waals surface area contributed by atoms with E-state index in [4.69, 9.17) is 9.47 Å². The van der Waals surface area contributed by atoms with Crippen molar-refractivity contribution in [1.29, 1.82) is 0 Å². The van der Waals surface area contributed by atoms with Crippen LogP contribution in [0.4, 0.5) is 16.2 Å². The lowest BCUT2D eigenvalue weighted by Crippen LogP contribution is -2.43. The molecule has 3 aromatic rings. The minimum Gasteiger partial charge on any atom is -0.490 e. The van der Waals surface area contributed by atoms with E-state index < -0.39 is 0 Å². The molecular weight excluding hydrogens is 414 g/mol. The lowest BCUT2D eigenvalue weighted by molar-refractivity contribution is 0.0662. The molecule has 6 heteroatoms. The van der Waals surface area contributed by atoms with E-state index in [-0.39, 0.29) is 12.1 Å². The van der Waals surface area contributed by atoms with E-state index in [0.29, 0.717) is 29.2 Å². The Labute approximate surface area is 194 Å². The van der Waals surface area contributed by atoms with Crippen LogP contribution in [0.15, 0.2) is 78.9 Å². The molecule has 2 fully saturated rings. The third kappa shape index (κ3) is 5.29. The summed E-state index contributed by atoms with van der Waals surface area (Å²) in [6.07, 6.45) is 5.01. The molecule has 2 aliphatic rings. The molecule has 2 amide bonds. The summed E-state index contributed by atoms with van der Waals surface area (Å²) in [6.45, 7) is 0. The van der Waals surface area contributed by atoms with Crippen molar-refractivity contribution in [1.82, 2.24) is 4.90 Å². The average molecular weight is 444 g/mol. The Morgan fingerprint density at radius 1 is 0.758 bits per heavy atom. The summed E-state index contributed by atoms with van der Waals surface area (Å²) in [5, 5.41) is 5.70. The van der Waals surface area contributed by atoms with E-state index in [2.05, 4.69) is 22.6 Å². The van der Waals surface area contributed by atoms with Crippen molar-refractivity contribution in [2.24, 2.45) is 0 Å². The standard InChI is InChI=1S/C27H29N3O3/c1-30-21-11-12-22(30)18-26(17-21)33-25-15-9-20(10-16-25)29-27(31)28-19-7-13-24(14-8-19)32-23-5-3-2-4-6-23/h2-10,13-16,21-22,26H,11-12,17-18H2,1H3,(H2,28,29,31)/t21-,22+,26+. The highest BCUT2D eigenvalue weighted by Gasteiger charge is 2.39. The topological polar surface area (TPSA) is 62.8 Å². The van der Waals surface area contributed by atoms with E-state index in [1.54, 1.807) is 0 Å². The van der Waals surface area contributed by atoms with E-state index in [0.717, 1.165) is 24.3 Å². The number of nitrogens with zero attached hydrogens (tertiary/aromatic N) is 1. The number of rotatable bonds is 6. The summed E-state index contributed by atoms with van der Waals surface area (Å²) < 4.78 is 12.0. The first kappa shape index (κ1) is 21.3. The highest BCUT2D eigenvalue weighted by Crippen LogP contribution is 2.36. The van der Waals surface area contributed by atoms with Crippen molar-refractivity contribution in [3.05, 3.63) is 78.9 Å². The average Bonchev–Trinajstić information content (AvgIpc) is 3.03. The van der Waals surface area contributed by atoms with Crippen LogP contribution in [0.1, 0.15) is 25.7 Å². The summed E-state index contributed by atoms with van der Waals surface area (Å²) in [5.41, 5.74) is 1.40. The molecule has 3 aromatic carbocycles. The number of benzene rings is 3. The molecule has 2 aliphatic heterocycles. The largest absolute Gasteiger partial charge is 0.490 e. The molecule has 2 saturated heterocycles. The predicted molar refractivity (Wildman–Crippen MR) is 130 cm³/mol. The van der Waals surface area contributed by atoms with Gasteiger partial charge < -0.3 is 25.0 Å². The SMILES string of the molecule is CN1[C@@H]2CC[C@H]1C[C@@H](Oc1ccc(NC(=O)Nc3ccc(Oc4ccccc4)cc3)cc1)C2. The predicted octanol–water partition coefficient (Wildman–Crippen LogP) is 6.13. The maximum Gasteiger partial charge on any atom is 0.323 e. The number of carbonyl (C=O) groups is 1. The molecular formula is C27H29N3O3. The molecule has 2 heterocycles. The first-order valence-corrected chi connectivity index (χ1v) is 11.5. The molecule has 0 aliphatic carbocycles. The maximum absolute atomic E-state index is 12.4. The lowest BCUT2D eigenvalue weighted by Gasteiger charge is -2.36. The molecule has 0 radical (unpaired) electrons. The van der Waals surface area contributed by atoms with E-state index in [1.807, 2.05) is 78.9 Å². The van der Waals surface area contributed by atoms with Crippen LogP contribution in [-0.4, -0.2) is 36.2 Å². The molecule has 6 nitrogen and oxygen atoms in total. The van der Waals surface area contributed by atoms with Gasteiger partial charge in [-0.3, -0.25) is 0 Å². The molecule has 5 rings (SSSR count). The van der Waals surface area contributed by atoms with E-state index >= 15 is 0 Å². The summed E-state index contributed by atoms with van der Waals surface area (Å²) in [7, 11) is 2.23. The van der Waals surface area contributed by atoms with Gasteiger partial charge in [-0.15, -0.1) is 0 Å². The number of fused-ring (bicyclic) bond motifs is 2. The van der Waals surface area contributed by atoms with Crippen molar-refractivity contribution in [3.63, 3.8) is 0 Å². The number of nitrogens with one attached hydrogen (secondary N) is 2. The molecule has 0 aromatic heterocycles. The number of para-hydroxylation sites is 1. The van der Waals surface area contributed by atoms with Gasteiger partial charge in [0.05, 0.1) is 0 Å². The van der Waals surface area contributed by atoms with Crippen LogP contribution in [0, 0.1) is 0 Å². The Bertz CT molecular complexity index is 1060. The number of ether oxygens (including phenoxy) is 2. The third-order valence-electron chi connectivity index (χ3n) is 6.56. The number of urea groups is 1. The van der Waals surface area contributed by atoms with Gasteiger partial charge >= 0.3 is 6.03 Å². The Balaban J connectivity index is 1.10. The van der Waals surface area contributed by atoms with Gasteiger partial charge in [0, 0.05) is 23.5 Å². The fourth-order valence-corrected chi connectivity index (χ4v) is 4.79. The third-order valence-corrected chi connectivity index (χ3v) is 6.56. The smallest absolute Gasteiger partial charge is 0.323 e. The number of piperidine rings is 1. The molecule has 0 unspecified atom stereocenters. The zero-order valence-electron chi connectivity index (χ0n) is 18.7. The number of hydrogen-bond donors (Lipinski definition) is 2. The van der Waals surface area contributed by atoms with Crippen LogP contribution in [0.5, 0.6) is 17.2 Å². The van der Waals surface area contributed by atoms with Gasteiger partial charge in [0.25, 0.3) is 0 Å². The van der Waals surface area contributed by atoms with Crippen molar-refractivity contribution < 1.29 is 14.3 Å². The van der Waals surface area contributed by atoms with Gasteiger partial charge in [0.15, 0.2) is 0 Å². The number of hydrogen-bond acceptors (Lipinski definition) is 4. The first-order chi connectivity index (χ1) is 16.1. The summed E-state index contributed by atoms with van der Waals surface area (Å²) >= 11 is 0. The molecule has 0 spiro atoms. The Morgan fingerprint density at radius 3 is 1.85 bits per heavy atom. The van der Waals surface area contributed by atoms with Crippen molar-refractivity contribution >= 4 is 17.4 Å². The normalized spacial score (nSPS) is 21.9. The van der Waals surface area contributed by atoms with Gasteiger partial charge in [-0.25, -0.2) is 4.79 Å². The van der Waals surface area contributed by atoms with Crippen molar-refractivity contribution in [3.8, 4) is 17.2 Å². The minimum atomic E-state index is -0.299. The fraction of sp³-hybridized carbons (Fsp3) is 0.296. The minimum absolute atomic E-state index is 0.273. The second-order valence-corrected chi connectivity index (χ2v) is 8.80. The van der Waals surface area contributed by atoms with Crippen molar-refractivity contribution in [2.45, 2.75) is 43.9 Å². The number of carbonyl (C=O) groups excluding carboxylic acids is 1. The molecule has 2 bridgehead atoms. The Kier molecular flexibility index (Phi) is 6.17. The van der Waals surface area contributed by atoms with Crippen LogP contribution in [-0.2, 0) is 0 Å². The van der Waals surface area contributed by atoms with Crippen LogP contribution in [0.3, 0.4) is 0 Å². The van der Waals surface area contributed by atoms with Crippen LogP contribution in [0.2, 0.25) is 0 Å². The highest BCUT2D eigenvalue weighted by molar-refractivity contribution is 5.99. The monoisotopic (exact) mass is 443 g/mol. The summed E-state index contributed by atoms with van der Waals surface area (Å²) in [4.78, 5) is 14.9. The van der Waals surface area contributed by atoms with Gasteiger partial charge in [-0.05, 0) is 93.4 Å². The second-order valence-electron chi connectivity index (χ2n) is 8.80. The lowest BCUT2D eigenvalue weighted by atomic mass is 10.0. The number of amides is 2. The van der Waals surface area contributed by atoms with Gasteiger partial charge in [-0.2, -0.15) is 0 Å². The van der Waals surface area contributed by atoms with E-state index in [1.165, 1.54) is 12.8 Å². The molecule has 0 saturated carbocycles. The zero-order chi connectivity index (χ0) is 22.6. The summed E-state index contributed by atoms with van der Waals surface area (Å²) in [6, 6.07) is 25.4. The molecule has 3 atom stereocenters. The molecule has 2 N–H and O–H groups in total. The van der Waals surface area contributed by atoms with Crippen LogP contribution < -0.4 is 20.1 Å². The number of anilines is 2.